The minimum atomic E-state index is -3.80. The summed E-state index contributed by atoms with van der Waals surface area (Å²) in [6, 6.07) is 10.1. The lowest BCUT2D eigenvalue weighted by atomic mass is 10.2. The molecule has 1 atom stereocenters. The molecule has 3 rings (SSSR count). The number of rotatable bonds is 5. The topological polar surface area (TPSA) is 120 Å². The SMILES string of the molecule is C[C@@H](N)C(=O)Nc1ccc(NS(=O)(=O)c2ccc3c(c2)OCCCO3)cc1. The van der Waals surface area contributed by atoms with E-state index in [1.807, 2.05) is 0 Å². The van der Waals surface area contributed by atoms with E-state index >= 15 is 0 Å². The molecule has 1 heterocycles. The fraction of sp³-hybridized carbons (Fsp3) is 0.278. The van der Waals surface area contributed by atoms with Gasteiger partial charge in [0.05, 0.1) is 24.2 Å². The van der Waals surface area contributed by atoms with Crippen molar-refractivity contribution in [2.24, 2.45) is 5.73 Å². The van der Waals surface area contributed by atoms with Gasteiger partial charge in [-0.3, -0.25) is 9.52 Å². The maximum absolute atomic E-state index is 12.6. The Morgan fingerprint density at radius 2 is 1.67 bits per heavy atom. The highest BCUT2D eigenvalue weighted by Crippen LogP contribution is 2.32. The predicted molar refractivity (Wildman–Crippen MR) is 102 cm³/mol. The third kappa shape index (κ3) is 4.69. The molecule has 0 bridgehead atoms. The average molecular weight is 391 g/mol. The Bertz CT molecular complexity index is 927. The number of ether oxygens (including phenoxy) is 2. The third-order valence-electron chi connectivity index (χ3n) is 3.85. The van der Waals surface area contributed by atoms with E-state index in [9.17, 15) is 13.2 Å². The summed E-state index contributed by atoms with van der Waals surface area (Å²) < 4.78 is 38.8. The first kappa shape index (κ1) is 19.0. The number of carbonyl (C=O) groups excluding carboxylic acids is 1. The molecule has 4 N–H and O–H groups in total. The van der Waals surface area contributed by atoms with Crippen LogP contribution in [0, 0.1) is 0 Å². The van der Waals surface area contributed by atoms with Crippen molar-refractivity contribution in [1.29, 1.82) is 0 Å². The average Bonchev–Trinajstić information content (AvgIpc) is 2.87. The van der Waals surface area contributed by atoms with Crippen LogP contribution in [0.5, 0.6) is 11.5 Å². The third-order valence-corrected chi connectivity index (χ3v) is 5.23. The fourth-order valence-corrected chi connectivity index (χ4v) is 3.48. The van der Waals surface area contributed by atoms with E-state index in [1.165, 1.54) is 12.1 Å². The van der Waals surface area contributed by atoms with Crippen molar-refractivity contribution >= 4 is 27.3 Å². The summed E-state index contributed by atoms with van der Waals surface area (Å²) >= 11 is 0. The molecule has 27 heavy (non-hydrogen) atoms. The van der Waals surface area contributed by atoms with Crippen LogP contribution in [0.25, 0.3) is 0 Å². The van der Waals surface area contributed by atoms with Crippen LogP contribution in [0.3, 0.4) is 0 Å². The summed E-state index contributed by atoms with van der Waals surface area (Å²) in [6.07, 6.45) is 0.737. The number of sulfonamides is 1. The van der Waals surface area contributed by atoms with Crippen LogP contribution < -0.4 is 25.2 Å². The highest BCUT2D eigenvalue weighted by atomic mass is 32.2. The van der Waals surface area contributed by atoms with Gasteiger partial charge < -0.3 is 20.5 Å². The predicted octanol–water partition coefficient (Wildman–Crippen LogP) is 1.93. The maximum atomic E-state index is 12.6. The van der Waals surface area contributed by atoms with Crippen LogP contribution in [0.1, 0.15) is 13.3 Å². The van der Waals surface area contributed by atoms with Crippen molar-refractivity contribution < 1.29 is 22.7 Å². The highest BCUT2D eigenvalue weighted by molar-refractivity contribution is 7.92. The Morgan fingerprint density at radius 3 is 2.33 bits per heavy atom. The van der Waals surface area contributed by atoms with E-state index < -0.39 is 16.1 Å². The molecule has 2 aromatic rings. The number of carbonyl (C=O) groups is 1. The number of amides is 1. The number of anilines is 2. The number of nitrogens with two attached hydrogens (primary N) is 1. The normalized spacial score (nSPS) is 14.7. The van der Waals surface area contributed by atoms with Crippen molar-refractivity contribution in [3.63, 3.8) is 0 Å². The summed E-state index contributed by atoms with van der Waals surface area (Å²) in [5.74, 6) is 0.612. The lowest BCUT2D eigenvalue weighted by Crippen LogP contribution is -2.32. The molecule has 0 aromatic heterocycles. The highest BCUT2D eigenvalue weighted by Gasteiger charge is 2.19. The van der Waals surface area contributed by atoms with E-state index in [0.29, 0.717) is 36.1 Å². The molecule has 9 heteroatoms. The monoisotopic (exact) mass is 391 g/mol. The summed E-state index contributed by atoms with van der Waals surface area (Å²) in [5, 5.41) is 2.63. The minimum absolute atomic E-state index is 0.0704. The quantitative estimate of drug-likeness (QED) is 0.716. The second-order valence-electron chi connectivity index (χ2n) is 6.12. The molecule has 1 aliphatic rings. The fourth-order valence-electron chi connectivity index (χ4n) is 2.40. The summed E-state index contributed by atoms with van der Waals surface area (Å²) in [7, 11) is -3.80. The molecule has 0 saturated carbocycles. The first-order chi connectivity index (χ1) is 12.8. The van der Waals surface area contributed by atoms with E-state index in [1.54, 1.807) is 37.3 Å². The number of hydrogen-bond acceptors (Lipinski definition) is 6. The van der Waals surface area contributed by atoms with Crippen LogP contribution in [0.2, 0.25) is 0 Å². The second-order valence-corrected chi connectivity index (χ2v) is 7.80. The first-order valence-corrected chi connectivity index (χ1v) is 9.92. The van der Waals surface area contributed by atoms with Crippen molar-refractivity contribution in [2.75, 3.05) is 23.3 Å². The molecular formula is C18H21N3O5S. The van der Waals surface area contributed by atoms with Crippen molar-refractivity contribution in [2.45, 2.75) is 24.3 Å². The summed E-state index contributed by atoms with van der Waals surface area (Å²) in [4.78, 5) is 11.7. The number of fused-ring (bicyclic) bond motifs is 1. The van der Waals surface area contributed by atoms with E-state index in [4.69, 9.17) is 15.2 Å². The molecule has 1 amide bonds. The molecule has 0 aliphatic carbocycles. The van der Waals surface area contributed by atoms with Gasteiger partial charge in [0.15, 0.2) is 11.5 Å². The molecular weight excluding hydrogens is 370 g/mol. The Balaban J connectivity index is 1.74. The molecule has 2 aromatic carbocycles. The molecule has 0 unspecified atom stereocenters. The van der Waals surface area contributed by atoms with Gasteiger partial charge in [-0.15, -0.1) is 0 Å². The number of hydrogen-bond donors (Lipinski definition) is 3. The zero-order valence-corrected chi connectivity index (χ0v) is 15.6. The van der Waals surface area contributed by atoms with Gasteiger partial charge in [-0.2, -0.15) is 0 Å². The summed E-state index contributed by atoms with van der Waals surface area (Å²) in [6.45, 7) is 2.58. The van der Waals surface area contributed by atoms with Gasteiger partial charge >= 0.3 is 0 Å². The van der Waals surface area contributed by atoms with Gasteiger partial charge in [0.2, 0.25) is 5.91 Å². The Labute approximate surface area is 157 Å². The summed E-state index contributed by atoms with van der Waals surface area (Å²) in [5.41, 5.74) is 6.38. The van der Waals surface area contributed by atoms with Gasteiger partial charge in [-0.1, -0.05) is 0 Å². The lowest BCUT2D eigenvalue weighted by Gasteiger charge is -2.12. The van der Waals surface area contributed by atoms with E-state index in [-0.39, 0.29) is 10.8 Å². The number of benzene rings is 2. The molecule has 144 valence electrons. The minimum Gasteiger partial charge on any atom is -0.490 e. The molecule has 0 saturated heterocycles. The zero-order valence-electron chi connectivity index (χ0n) is 14.8. The van der Waals surface area contributed by atoms with Gasteiger partial charge in [0.1, 0.15) is 0 Å². The lowest BCUT2D eigenvalue weighted by molar-refractivity contribution is -0.117. The van der Waals surface area contributed by atoms with Crippen molar-refractivity contribution in [3.05, 3.63) is 42.5 Å². The standard InChI is InChI=1S/C18H21N3O5S/c1-12(19)18(22)20-13-3-5-14(6-4-13)21-27(23,24)15-7-8-16-17(11-15)26-10-2-9-25-16/h3-8,11-12,21H,2,9-10,19H2,1H3,(H,20,22)/t12-/m1/s1. The van der Waals surface area contributed by atoms with Crippen molar-refractivity contribution in [3.8, 4) is 11.5 Å². The Kier molecular flexibility index (Phi) is 5.52. The smallest absolute Gasteiger partial charge is 0.262 e. The van der Waals surface area contributed by atoms with Crippen LogP contribution >= 0.6 is 0 Å². The molecule has 0 fully saturated rings. The molecule has 0 radical (unpaired) electrons. The number of nitrogens with one attached hydrogen (secondary N) is 2. The Hall–Kier alpha value is -2.78. The largest absolute Gasteiger partial charge is 0.490 e. The van der Waals surface area contributed by atoms with Gasteiger partial charge in [0, 0.05) is 23.9 Å². The van der Waals surface area contributed by atoms with E-state index in [0.717, 1.165) is 6.42 Å². The van der Waals surface area contributed by atoms with Crippen LogP contribution in [0.15, 0.2) is 47.4 Å². The molecule has 0 spiro atoms. The first-order valence-electron chi connectivity index (χ1n) is 8.44. The van der Waals surface area contributed by atoms with Crippen molar-refractivity contribution in [1.82, 2.24) is 0 Å². The van der Waals surface area contributed by atoms with Crippen LogP contribution in [-0.2, 0) is 14.8 Å². The molecule has 8 nitrogen and oxygen atoms in total. The molecule has 1 aliphatic heterocycles. The Morgan fingerprint density at radius 1 is 1.04 bits per heavy atom. The van der Waals surface area contributed by atoms with Crippen LogP contribution in [0.4, 0.5) is 11.4 Å². The van der Waals surface area contributed by atoms with Crippen LogP contribution in [-0.4, -0.2) is 33.6 Å². The van der Waals surface area contributed by atoms with E-state index in [2.05, 4.69) is 10.0 Å². The maximum Gasteiger partial charge on any atom is 0.262 e. The van der Waals surface area contributed by atoms with Gasteiger partial charge in [-0.05, 0) is 43.3 Å². The van der Waals surface area contributed by atoms with Gasteiger partial charge in [-0.25, -0.2) is 8.42 Å². The second kappa shape index (κ2) is 7.85. The van der Waals surface area contributed by atoms with Gasteiger partial charge in [0.25, 0.3) is 10.0 Å². The zero-order chi connectivity index (χ0) is 19.4.